The van der Waals surface area contributed by atoms with Crippen molar-refractivity contribution >= 4 is 19.8 Å². The number of unbranched alkanes of at least 4 members (excludes halogenated alkanes) is 13. The number of quaternary nitrogens is 1. The van der Waals surface area contributed by atoms with E-state index in [9.17, 15) is 19.0 Å². The Morgan fingerprint density at radius 1 is 0.627 bits per heavy atom. The van der Waals surface area contributed by atoms with E-state index in [1.165, 1.54) is 25.7 Å². The molecular formula is C41H75NO8P+. The highest BCUT2D eigenvalue weighted by Crippen LogP contribution is 2.43. The number of phosphoric acid groups is 1. The standard InChI is InChI=1S/C41H74NO8P/c1-6-8-10-12-14-16-18-19-20-21-22-23-24-26-28-30-32-34-41(44)50-39(38-49-51(45,46)48-36-35-42(3,4)5)37-47-40(43)33-31-29-27-25-17-15-13-11-9-7-2/h8,10-11,13-14,16,19-20,39H,6-7,9,12,15,17-18,21-38H2,1-5H3/p+1/b10-8-,13-11-,16-14-,20-19-. The summed E-state index contributed by atoms with van der Waals surface area (Å²) < 4.78 is 34.1. The van der Waals surface area contributed by atoms with Gasteiger partial charge in [0, 0.05) is 12.8 Å². The van der Waals surface area contributed by atoms with Crippen LogP contribution in [-0.2, 0) is 32.7 Å². The molecule has 0 bridgehead atoms. The average molecular weight is 741 g/mol. The summed E-state index contributed by atoms with van der Waals surface area (Å²) in [5, 5.41) is 0. The van der Waals surface area contributed by atoms with Gasteiger partial charge in [-0.25, -0.2) is 4.57 Å². The predicted molar refractivity (Wildman–Crippen MR) is 210 cm³/mol. The zero-order valence-electron chi connectivity index (χ0n) is 33.1. The highest BCUT2D eigenvalue weighted by atomic mass is 31.2. The molecule has 1 N–H and O–H groups in total. The Hall–Kier alpha value is -2.03. The summed E-state index contributed by atoms with van der Waals surface area (Å²) in [6, 6.07) is 0. The summed E-state index contributed by atoms with van der Waals surface area (Å²) in [6.45, 7) is 4.20. The SMILES string of the molecule is CC/C=C\C/C=C\C/C=C\CCCCCCCCCC(=O)OC(COC(=O)CCCCCCC/C=C\CCC)COP(=O)(O)OCC[N+](C)(C)C. The zero-order chi connectivity index (χ0) is 37.9. The molecule has 0 aliphatic rings. The van der Waals surface area contributed by atoms with Gasteiger partial charge in [0.05, 0.1) is 27.7 Å². The summed E-state index contributed by atoms with van der Waals surface area (Å²) in [6.07, 6.45) is 37.3. The van der Waals surface area contributed by atoms with Gasteiger partial charge in [0.15, 0.2) is 6.10 Å². The third-order valence-corrected chi connectivity index (χ3v) is 9.06. The van der Waals surface area contributed by atoms with E-state index in [1.54, 1.807) is 0 Å². The van der Waals surface area contributed by atoms with Crippen LogP contribution in [0.3, 0.4) is 0 Å². The first-order valence-electron chi connectivity index (χ1n) is 19.9. The maximum Gasteiger partial charge on any atom is 0.472 e. The van der Waals surface area contributed by atoms with Gasteiger partial charge >= 0.3 is 19.8 Å². The lowest BCUT2D eigenvalue weighted by atomic mass is 10.1. The van der Waals surface area contributed by atoms with Gasteiger partial charge in [0.2, 0.25) is 0 Å². The van der Waals surface area contributed by atoms with Crippen LogP contribution in [0.25, 0.3) is 0 Å². The lowest BCUT2D eigenvalue weighted by Gasteiger charge is -2.24. The van der Waals surface area contributed by atoms with Gasteiger partial charge in [-0.2, -0.15) is 0 Å². The lowest BCUT2D eigenvalue weighted by molar-refractivity contribution is -0.870. The number of ether oxygens (including phenoxy) is 2. The molecule has 2 unspecified atom stereocenters. The Morgan fingerprint density at radius 3 is 1.69 bits per heavy atom. The number of allylic oxidation sites excluding steroid dienone is 8. The van der Waals surface area contributed by atoms with E-state index in [-0.39, 0.29) is 32.0 Å². The normalized spacial score (nSPS) is 14.2. The van der Waals surface area contributed by atoms with E-state index >= 15 is 0 Å². The van der Waals surface area contributed by atoms with Gasteiger partial charge in [0.1, 0.15) is 19.8 Å². The minimum atomic E-state index is -4.37. The number of likely N-dealkylation sites (N-methyl/N-ethyl adjacent to an activating group) is 1. The van der Waals surface area contributed by atoms with Gasteiger partial charge in [-0.1, -0.05) is 120 Å². The van der Waals surface area contributed by atoms with Crippen LogP contribution in [0.4, 0.5) is 0 Å². The summed E-state index contributed by atoms with van der Waals surface area (Å²) in [7, 11) is 1.46. The van der Waals surface area contributed by atoms with E-state index in [2.05, 4.69) is 62.5 Å². The Morgan fingerprint density at radius 2 is 1.12 bits per heavy atom. The van der Waals surface area contributed by atoms with Crippen molar-refractivity contribution in [2.24, 2.45) is 0 Å². The van der Waals surface area contributed by atoms with E-state index in [0.717, 1.165) is 89.9 Å². The molecule has 0 aromatic heterocycles. The van der Waals surface area contributed by atoms with Crippen LogP contribution in [0.15, 0.2) is 48.6 Å². The maximum atomic E-state index is 12.6. The van der Waals surface area contributed by atoms with E-state index in [0.29, 0.717) is 17.4 Å². The van der Waals surface area contributed by atoms with Gasteiger partial charge in [-0.3, -0.25) is 18.6 Å². The van der Waals surface area contributed by atoms with Crippen LogP contribution < -0.4 is 0 Å². The van der Waals surface area contributed by atoms with Crippen molar-refractivity contribution < 1.29 is 42.1 Å². The quantitative estimate of drug-likeness (QED) is 0.0225. The Bertz CT molecular complexity index is 1020. The van der Waals surface area contributed by atoms with E-state index in [1.807, 2.05) is 21.1 Å². The van der Waals surface area contributed by atoms with Gasteiger partial charge in [0.25, 0.3) is 0 Å². The molecule has 9 nitrogen and oxygen atoms in total. The fraction of sp³-hybridized carbons (Fsp3) is 0.756. The van der Waals surface area contributed by atoms with Crippen molar-refractivity contribution in [1.29, 1.82) is 0 Å². The smallest absolute Gasteiger partial charge is 0.462 e. The molecule has 0 saturated heterocycles. The first-order valence-corrected chi connectivity index (χ1v) is 21.4. The van der Waals surface area contributed by atoms with Gasteiger partial charge in [-0.15, -0.1) is 0 Å². The number of hydrogen-bond acceptors (Lipinski definition) is 7. The second kappa shape index (κ2) is 33.8. The molecule has 0 aromatic rings. The van der Waals surface area contributed by atoms with Crippen LogP contribution >= 0.6 is 7.82 Å². The molecule has 2 atom stereocenters. The Balaban J connectivity index is 4.42. The van der Waals surface area contributed by atoms with Crippen molar-refractivity contribution in [3.63, 3.8) is 0 Å². The molecule has 0 heterocycles. The number of phosphoric ester groups is 1. The van der Waals surface area contributed by atoms with Crippen molar-refractivity contribution in [3.8, 4) is 0 Å². The molecular weight excluding hydrogens is 665 g/mol. The second-order valence-corrected chi connectivity index (χ2v) is 15.7. The number of nitrogens with zero attached hydrogens (tertiary/aromatic N) is 1. The highest BCUT2D eigenvalue weighted by Gasteiger charge is 2.27. The largest absolute Gasteiger partial charge is 0.472 e. The summed E-state index contributed by atoms with van der Waals surface area (Å²) >= 11 is 0. The number of hydrogen-bond donors (Lipinski definition) is 1. The molecule has 10 heteroatoms. The van der Waals surface area contributed by atoms with Crippen molar-refractivity contribution in [2.45, 2.75) is 155 Å². The van der Waals surface area contributed by atoms with Gasteiger partial charge < -0.3 is 18.9 Å². The molecule has 296 valence electrons. The maximum absolute atomic E-state index is 12.6. The summed E-state index contributed by atoms with van der Waals surface area (Å²) in [5.74, 6) is -0.828. The fourth-order valence-corrected chi connectivity index (χ4v) is 5.71. The number of carbonyl (C=O) groups excluding carboxylic acids is 2. The fourth-order valence-electron chi connectivity index (χ4n) is 4.97. The average Bonchev–Trinajstić information content (AvgIpc) is 3.07. The van der Waals surface area contributed by atoms with Crippen molar-refractivity contribution in [3.05, 3.63) is 48.6 Å². The number of esters is 2. The molecule has 0 amide bonds. The molecule has 0 radical (unpaired) electrons. The molecule has 0 saturated carbocycles. The number of rotatable bonds is 35. The minimum Gasteiger partial charge on any atom is -0.462 e. The molecule has 0 aliphatic heterocycles. The van der Waals surface area contributed by atoms with Crippen LogP contribution in [0.2, 0.25) is 0 Å². The third-order valence-electron chi connectivity index (χ3n) is 8.07. The minimum absolute atomic E-state index is 0.0266. The first kappa shape index (κ1) is 49.0. The Labute approximate surface area is 312 Å². The van der Waals surface area contributed by atoms with Crippen molar-refractivity contribution in [2.75, 3.05) is 47.5 Å². The summed E-state index contributed by atoms with van der Waals surface area (Å²) in [5.41, 5.74) is 0. The third kappa shape index (κ3) is 37.5. The second-order valence-electron chi connectivity index (χ2n) is 14.3. The molecule has 0 aliphatic carbocycles. The zero-order valence-corrected chi connectivity index (χ0v) is 34.0. The molecule has 51 heavy (non-hydrogen) atoms. The van der Waals surface area contributed by atoms with E-state index < -0.39 is 26.5 Å². The molecule has 0 aromatic carbocycles. The molecule has 0 rings (SSSR count). The first-order chi connectivity index (χ1) is 24.5. The number of carbonyl (C=O) groups is 2. The van der Waals surface area contributed by atoms with Crippen LogP contribution in [0.5, 0.6) is 0 Å². The van der Waals surface area contributed by atoms with E-state index in [4.69, 9.17) is 18.5 Å². The molecule has 0 fully saturated rings. The Kier molecular flexibility index (Phi) is 32.4. The van der Waals surface area contributed by atoms with Crippen LogP contribution in [0.1, 0.15) is 149 Å². The predicted octanol–water partition coefficient (Wildman–Crippen LogP) is 10.7. The van der Waals surface area contributed by atoms with Crippen LogP contribution in [0, 0.1) is 0 Å². The van der Waals surface area contributed by atoms with Crippen molar-refractivity contribution in [1.82, 2.24) is 0 Å². The monoisotopic (exact) mass is 741 g/mol. The van der Waals surface area contributed by atoms with Crippen LogP contribution in [-0.4, -0.2) is 74.9 Å². The lowest BCUT2D eigenvalue weighted by Crippen LogP contribution is -2.37. The highest BCUT2D eigenvalue weighted by molar-refractivity contribution is 7.47. The summed E-state index contributed by atoms with van der Waals surface area (Å²) in [4.78, 5) is 35.2. The van der Waals surface area contributed by atoms with Gasteiger partial charge in [-0.05, 0) is 64.2 Å². The topological polar surface area (TPSA) is 108 Å². The molecule has 0 spiro atoms.